The molecule has 1 aliphatic heterocycles. The van der Waals surface area contributed by atoms with Crippen molar-refractivity contribution < 1.29 is 4.79 Å². The summed E-state index contributed by atoms with van der Waals surface area (Å²) < 4.78 is 0. The SMILES string of the molecule is CCN1CC(C)(C)NC1=O. The van der Waals surface area contributed by atoms with Crippen LogP contribution in [0.1, 0.15) is 20.8 Å². The minimum atomic E-state index is -0.0346. The van der Waals surface area contributed by atoms with Crippen LogP contribution in [0.5, 0.6) is 0 Å². The molecule has 0 saturated carbocycles. The first-order valence-corrected chi connectivity index (χ1v) is 3.62. The summed E-state index contributed by atoms with van der Waals surface area (Å²) in [6, 6.07) is 0.0625. The van der Waals surface area contributed by atoms with Gasteiger partial charge in [0.05, 0.1) is 5.54 Å². The average Bonchev–Trinajstić information content (AvgIpc) is 2.05. The molecule has 3 nitrogen and oxygen atoms in total. The van der Waals surface area contributed by atoms with E-state index in [0.717, 1.165) is 13.1 Å². The van der Waals surface area contributed by atoms with Crippen molar-refractivity contribution in [1.82, 2.24) is 10.2 Å². The van der Waals surface area contributed by atoms with E-state index in [9.17, 15) is 4.79 Å². The number of rotatable bonds is 1. The highest BCUT2D eigenvalue weighted by Gasteiger charge is 2.33. The molecule has 0 radical (unpaired) electrons. The largest absolute Gasteiger partial charge is 0.331 e. The van der Waals surface area contributed by atoms with Gasteiger partial charge >= 0.3 is 6.03 Å². The molecule has 3 heteroatoms. The van der Waals surface area contributed by atoms with Crippen LogP contribution in [0.15, 0.2) is 0 Å². The smallest absolute Gasteiger partial charge is 0.317 e. The van der Waals surface area contributed by atoms with Gasteiger partial charge in [0.2, 0.25) is 0 Å². The molecule has 0 aromatic rings. The van der Waals surface area contributed by atoms with Gasteiger partial charge in [-0.3, -0.25) is 0 Å². The Bertz CT molecular complexity index is 154. The summed E-state index contributed by atoms with van der Waals surface area (Å²) in [5.41, 5.74) is -0.0346. The van der Waals surface area contributed by atoms with Crippen LogP contribution in [0.3, 0.4) is 0 Å². The van der Waals surface area contributed by atoms with Crippen molar-refractivity contribution in [2.45, 2.75) is 26.3 Å². The molecule has 0 unspecified atom stereocenters. The van der Waals surface area contributed by atoms with E-state index >= 15 is 0 Å². The fourth-order valence-electron chi connectivity index (χ4n) is 1.21. The van der Waals surface area contributed by atoms with Gasteiger partial charge in [0.1, 0.15) is 0 Å². The number of hydrogen-bond donors (Lipinski definition) is 1. The molecule has 58 valence electrons. The van der Waals surface area contributed by atoms with E-state index in [0.29, 0.717) is 0 Å². The lowest BCUT2D eigenvalue weighted by atomic mass is 10.1. The summed E-state index contributed by atoms with van der Waals surface area (Å²) in [6.07, 6.45) is 0. The maximum absolute atomic E-state index is 11.0. The van der Waals surface area contributed by atoms with Gasteiger partial charge in [0, 0.05) is 13.1 Å². The van der Waals surface area contributed by atoms with Crippen LogP contribution in [0.25, 0.3) is 0 Å². The van der Waals surface area contributed by atoms with Gasteiger partial charge in [-0.25, -0.2) is 4.79 Å². The lowest BCUT2D eigenvalue weighted by Gasteiger charge is -2.15. The van der Waals surface area contributed by atoms with Crippen LogP contribution >= 0.6 is 0 Å². The summed E-state index contributed by atoms with van der Waals surface area (Å²) in [6.45, 7) is 7.67. The fraction of sp³-hybridized carbons (Fsp3) is 0.857. The van der Waals surface area contributed by atoms with Crippen molar-refractivity contribution in [3.63, 3.8) is 0 Å². The van der Waals surface area contributed by atoms with Gasteiger partial charge in [-0.1, -0.05) is 0 Å². The molecule has 0 spiro atoms. The first-order valence-electron chi connectivity index (χ1n) is 3.62. The van der Waals surface area contributed by atoms with Crippen molar-refractivity contribution in [3.8, 4) is 0 Å². The summed E-state index contributed by atoms with van der Waals surface area (Å²) >= 11 is 0. The first-order chi connectivity index (χ1) is 4.55. The van der Waals surface area contributed by atoms with Gasteiger partial charge in [0.15, 0.2) is 0 Å². The quantitative estimate of drug-likeness (QED) is 0.577. The van der Waals surface area contributed by atoms with Gasteiger partial charge in [-0.05, 0) is 20.8 Å². The summed E-state index contributed by atoms with van der Waals surface area (Å²) in [4.78, 5) is 12.8. The van der Waals surface area contributed by atoms with Crippen LogP contribution in [0.2, 0.25) is 0 Å². The Hall–Kier alpha value is -0.730. The predicted molar refractivity (Wildman–Crippen MR) is 39.9 cm³/mol. The second kappa shape index (κ2) is 2.15. The van der Waals surface area contributed by atoms with E-state index < -0.39 is 0 Å². The maximum Gasteiger partial charge on any atom is 0.317 e. The average molecular weight is 142 g/mol. The molecule has 0 bridgehead atoms. The normalized spacial score (nSPS) is 23.1. The number of nitrogens with zero attached hydrogens (tertiary/aromatic N) is 1. The predicted octanol–water partition coefficient (Wildman–Crippen LogP) is 0.810. The zero-order valence-electron chi connectivity index (χ0n) is 6.77. The minimum Gasteiger partial charge on any atom is -0.331 e. The Morgan fingerprint density at radius 3 is 2.50 bits per heavy atom. The van der Waals surface area contributed by atoms with Gasteiger partial charge in [-0.2, -0.15) is 0 Å². The van der Waals surface area contributed by atoms with Gasteiger partial charge in [-0.15, -0.1) is 0 Å². The standard InChI is InChI=1S/C7H14N2O/c1-4-9-5-7(2,3)8-6(9)10/h4-5H2,1-3H3,(H,8,10). The minimum absolute atomic E-state index is 0.0346. The van der Waals surface area contributed by atoms with E-state index in [1.807, 2.05) is 20.8 Å². The van der Waals surface area contributed by atoms with E-state index in [-0.39, 0.29) is 11.6 Å². The number of carbonyl (C=O) groups excluding carboxylic acids is 1. The van der Waals surface area contributed by atoms with Crippen LogP contribution < -0.4 is 5.32 Å². The Kier molecular flexibility index (Phi) is 1.58. The van der Waals surface area contributed by atoms with Crippen molar-refractivity contribution >= 4 is 6.03 Å². The van der Waals surface area contributed by atoms with Gasteiger partial charge in [0.25, 0.3) is 0 Å². The number of likely N-dealkylation sites (N-methyl/N-ethyl adjacent to an activating group) is 1. The lowest BCUT2D eigenvalue weighted by Crippen LogP contribution is -2.36. The molecule has 0 aromatic heterocycles. The number of urea groups is 1. The third kappa shape index (κ3) is 1.23. The zero-order valence-corrected chi connectivity index (χ0v) is 6.77. The molecule has 1 N–H and O–H groups in total. The van der Waals surface area contributed by atoms with Crippen LogP contribution in [0.4, 0.5) is 4.79 Å². The molecule has 1 aliphatic rings. The second-order valence-electron chi connectivity index (χ2n) is 3.33. The summed E-state index contributed by atoms with van der Waals surface area (Å²) in [5.74, 6) is 0. The van der Waals surface area contributed by atoms with Crippen LogP contribution in [0, 0.1) is 0 Å². The Morgan fingerprint density at radius 2 is 2.30 bits per heavy atom. The Morgan fingerprint density at radius 1 is 1.70 bits per heavy atom. The monoisotopic (exact) mass is 142 g/mol. The first kappa shape index (κ1) is 7.38. The Labute approximate surface area is 61.4 Å². The number of carbonyl (C=O) groups is 1. The highest BCUT2D eigenvalue weighted by Crippen LogP contribution is 2.12. The zero-order chi connectivity index (χ0) is 7.78. The van der Waals surface area contributed by atoms with E-state index in [4.69, 9.17) is 0 Å². The van der Waals surface area contributed by atoms with Crippen LogP contribution in [-0.4, -0.2) is 29.6 Å². The van der Waals surface area contributed by atoms with E-state index in [1.165, 1.54) is 0 Å². The third-order valence-corrected chi connectivity index (χ3v) is 1.70. The fourth-order valence-corrected chi connectivity index (χ4v) is 1.21. The van der Waals surface area contributed by atoms with Crippen molar-refractivity contribution in [2.24, 2.45) is 0 Å². The maximum atomic E-state index is 11.0. The number of nitrogens with one attached hydrogen (secondary N) is 1. The van der Waals surface area contributed by atoms with Gasteiger partial charge < -0.3 is 10.2 Å². The molecule has 0 aromatic carbocycles. The third-order valence-electron chi connectivity index (χ3n) is 1.70. The molecule has 1 fully saturated rings. The van der Waals surface area contributed by atoms with E-state index in [2.05, 4.69) is 5.32 Å². The molecular weight excluding hydrogens is 128 g/mol. The van der Waals surface area contributed by atoms with Crippen molar-refractivity contribution in [2.75, 3.05) is 13.1 Å². The highest BCUT2D eigenvalue weighted by atomic mass is 16.2. The number of hydrogen-bond acceptors (Lipinski definition) is 1. The molecule has 10 heavy (non-hydrogen) atoms. The molecular formula is C7H14N2O. The van der Waals surface area contributed by atoms with Crippen LogP contribution in [-0.2, 0) is 0 Å². The molecule has 2 amide bonds. The highest BCUT2D eigenvalue weighted by molar-refractivity contribution is 5.77. The molecule has 0 atom stereocenters. The molecule has 0 aliphatic carbocycles. The molecule has 1 rings (SSSR count). The lowest BCUT2D eigenvalue weighted by molar-refractivity contribution is 0.219. The van der Waals surface area contributed by atoms with Crippen molar-refractivity contribution in [1.29, 1.82) is 0 Å². The molecule has 1 heterocycles. The van der Waals surface area contributed by atoms with E-state index in [1.54, 1.807) is 4.90 Å². The number of amides is 2. The van der Waals surface area contributed by atoms with Crippen molar-refractivity contribution in [3.05, 3.63) is 0 Å². The topological polar surface area (TPSA) is 32.3 Å². The summed E-state index contributed by atoms with van der Waals surface area (Å²) in [5, 5.41) is 2.88. The Balaban J connectivity index is 2.61. The molecule has 1 saturated heterocycles. The second-order valence-corrected chi connectivity index (χ2v) is 3.33. The summed E-state index contributed by atoms with van der Waals surface area (Å²) in [7, 11) is 0.